The van der Waals surface area contributed by atoms with Crippen LogP contribution in [0.1, 0.15) is 45.4 Å². The van der Waals surface area contributed by atoms with E-state index in [1.165, 1.54) is 0 Å². The maximum Gasteiger partial charge on any atom is 0.431 e. The van der Waals surface area contributed by atoms with Crippen LogP contribution in [0.25, 0.3) is 0 Å². The van der Waals surface area contributed by atoms with E-state index in [0.29, 0.717) is 12.8 Å². The normalized spacial score (nSPS) is 37.8. The van der Waals surface area contributed by atoms with Crippen LogP contribution in [0.3, 0.4) is 0 Å². The second-order valence-corrected chi connectivity index (χ2v) is 9.89. The molecule has 1 saturated carbocycles. The van der Waals surface area contributed by atoms with Gasteiger partial charge in [0.15, 0.2) is 0 Å². The number of carbonyl (C=O) groups is 1. The van der Waals surface area contributed by atoms with Gasteiger partial charge in [-0.25, -0.2) is 0 Å². The lowest BCUT2D eigenvalue weighted by molar-refractivity contribution is -0.176. The lowest BCUT2D eigenvalue weighted by Crippen LogP contribution is -2.47. The molecule has 0 aromatic rings. The molecule has 3 rings (SSSR count). The number of hydrogen-bond donors (Lipinski definition) is 2. The summed E-state index contributed by atoms with van der Waals surface area (Å²) in [5, 5.41) is 4.81. The topological polar surface area (TPSA) is 110 Å². The summed E-state index contributed by atoms with van der Waals surface area (Å²) in [5.41, 5.74) is -0.793. The van der Waals surface area contributed by atoms with Gasteiger partial charge in [0.25, 0.3) is 0 Å². The largest absolute Gasteiger partial charge is 0.465 e. The highest BCUT2D eigenvalue weighted by molar-refractivity contribution is 7.87. The second kappa shape index (κ2) is 7.31. The lowest BCUT2D eigenvalue weighted by atomic mass is 9.71. The first kappa shape index (κ1) is 22.7. The van der Waals surface area contributed by atoms with Crippen molar-refractivity contribution in [3.05, 3.63) is 0 Å². The summed E-state index contributed by atoms with van der Waals surface area (Å²) in [6.45, 7) is 0.649. The highest BCUT2D eigenvalue weighted by Crippen LogP contribution is 2.52. The van der Waals surface area contributed by atoms with Crippen LogP contribution < -0.4 is 0 Å². The molecule has 1 aliphatic carbocycles. The summed E-state index contributed by atoms with van der Waals surface area (Å²) in [4.78, 5) is 12.2. The van der Waals surface area contributed by atoms with Crippen molar-refractivity contribution in [1.29, 1.82) is 0 Å². The van der Waals surface area contributed by atoms with Gasteiger partial charge in [-0.1, -0.05) is 6.42 Å². The Hall–Kier alpha value is -0.980. The molecule has 0 aromatic carbocycles. The maximum absolute atomic E-state index is 13.4. The number of halogens is 4. The number of alkyl halides is 4. The van der Waals surface area contributed by atoms with E-state index in [4.69, 9.17) is 9.29 Å². The Morgan fingerprint density at radius 1 is 1.24 bits per heavy atom. The van der Waals surface area contributed by atoms with Crippen LogP contribution in [0.2, 0.25) is 0 Å². The smallest absolute Gasteiger partial charge is 0.431 e. The fraction of sp³-hybridized carbons (Fsp3) is 0.941. The van der Waals surface area contributed by atoms with E-state index in [-0.39, 0.29) is 24.4 Å². The minimum Gasteiger partial charge on any atom is -0.465 e. The van der Waals surface area contributed by atoms with Gasteiger partial charge in [-0.2, -0.15) is 26.0 Å². The van der Waals surface area contributed by atoms with E-state index in [0.717, 1.165) is 12.8 Å². The Morgan fingerprint density at radius 2 is 1.90 bits per heavy atom. The Bertz CT molecular complexity index is 755. The number of aliphatic hydroxyl groups is 1. The number of hydrogen-bond acceptors (Lipinski definition) is 6. The standard InChI is InChI=1S/C17H24F4O7S/c1-15(23)4-2-3-11(15)9-7-13-10(8-12(9)28-13)14(22)27-6-5-16(18,19)17(20,21)29(24,25)26/h9-13,23H,2-8H2,1H3,(H,24,25,26). The van der Waals surface area contributed by atoms with Crippen molar-refractivity contribution in [1.82, 2.24) is 0 Å². The molecule has 3 fully saturated rings. The summed E-state index contributed by atoms with van der Waals surface area (Å²) in [5.74, 6) is -6.57. The van der Waals surface area contributed by atoms with Crippen molar-refractivity contribution in [2.24, 2.45) is 17.8 Å². The van der Waals surface area contributed by atoms with E-state index >= 15 is 0 Å². The molecule has 2 heterocycles. The van der Waals surface area contributed by atoms with Crippen molar-refractivity contribution in [3.8, 4) is 0 Å². The van der Waals surface area contributed by atoms with Crippen molar-refractivity contribution in [3.63, 3.8) is 0 Å². The quantitative estimate of drug-likeness (QED) is 0.350. The number of ether oxygens (including phenoxy) is 2. The fourth-order valence-electron chi connectivity index (χ4n) is 4.94. The maximum atomic E-state index is 13.4. The SMILES string of the molecule is CC1(O)CCCC1C1CC2OC1CC2C(=O)OCCC(F)(F)C(F)(F)S(=O)(=O)O. The molecule has 7 nitrogen and oxygen atoms in total. The average Bonchev–Trinajstić information content (AvgIpc) is 3.26. The first-order valence-corrected chi connectivity index (χ1v) is 10.9. The average molecular weight is 448 g/mol. The van der Waals surface area contributed by atoms with E-state index in [9.17, 15) is 35.9 Å². The van der Waals surface area contributed by atoms with Crippen LogP contribution in [0, 0.1) is 17.8 Å². The molecule has 2 saturated heterocycles. The summed E-state index contributed by atoms with van der Waals surface area (Å²) in [6, 6.07) is 0. The van der Waals surface area contributed by atoms with Gasteiger partial charge in [-0.15, -0.1) is 0 Å². The van der Waals surface area contributed by atoms with Crippen LogP contribution in [0.5, 0.6) is 0 Å². The molecule has 0 aromatic heterocycles. The van der Waals surface area contributed by atoms with Gasteiger partial charge in [0.2, 0.25) is 0 Å². The van der Waals surface area contributed by atoms with Crippen LogP contribution in [-0.4, -0.2) is 59.6 Å². The van der Waals surface area contributed by atoms with Gasteiger partial charge in [0, 0.05) is 0 Å². The number of esters is 1. The highest BCUT2D eigenvalue weighted by atomic mass is 32.2. The summed E-state index contributed by atoms with van der Waals surface area (Å²) < 4.78 is 92.8. The van der Waals surface area contributed by atoms with Crippen molar-refractivity contribution >= 4 is 16.1 Å². The third kappa shape index (κ3) is 4.00. The Morgan fingerprint density at radius 3 is 2.38 bits per heavy atom. The molecule has 168 valence electrons. The van der Waals surface area contributed by atoms with Gasteiger partial charge in [0.1, 0.15) is 0 Å². The molecule has 2 bridgehead atoms. The molecule has 3 aliphatic rings. The lowest BCUT2D eigenvalue weighted by Gasteiger charge is -2.35. The zero-order chi connectivity index (χ0) is 21.8. The number of rotatable bonds is 7. The molecular weight excluding hydrogens is 424 g/mol. The third-order valence-electron chi connectivity index (χ3n) is 6.49. The predicted molar refractivity (Wildman–Crippen MR) is 89.9 cm³/mol. The first-order valence-electron chi connectivity index (χ1n) is 9.44. The van der Waals surface area contributed by atoms with Crippen LogP contribution >= 0.6 is 0 Å². The van der Waals surface area contributed by atoms with Crippen LogP contribution in [0.15, 0.2) is 0 Å². The molecular formula is C17H24F4O7S. The van der Waals surface area contributed by atoms with E-state index < -0.39 is 57.9 Å². The van der Waals surface area contributed by atoms with E-state index in [2.05, 4.69) is 4.74 Å². The Labute approximate surface area is 165 Å². The molecule has 0 amide bonds. The predicted octanol–water partition coefficient (Wildman–Crippen LogP) is 2.38. The Kier molecular flexibility index (Phi) is 5.72. The zero-order valence-corrected chi connectivity index (χ0v) is 16.5. The molecule has 2 N–H and O–H groups in total. The molecule has 6 unspecified atom stereocenters. The van der Waals surface area contributed by atoms with Crippen molar-refractivity contribution < 1.29 is 49.9 Å². The van der Waals surface area contributed by atoms with E-state index in [1.54, 1.807) is 6.92 Å². The molecule has 0 spiro atoms. The third-order valence-corrected chi connectivity index (χ3v) is 7.44. The van der Waals surface area contributed by atoms with Gasteiger partial charge in [-0.05, 0) is 44.4 Å². The Balaban J connectivity index is 1.51. The first-order chi connectivity index (χ1) is 13.2. The highest BCUT2D eigenvalue weighted by Gasteiger charge is 2.65. The molecule has 2 aliphatic heterocycles. The zero-order valence-electron chi connectivity index (χ0n) is 15.7. The minimum atomic E-state index is -6.32. The van der Waals surface area contributed by atoms with Crippen LogP contribution in [0.4, 0.5) is 17.6 Å². The summed E-state index contributed by atoms with van der Waals surface area (Å²) >= 11 is 0. The molecule has 0 radical (unpaired) electrons. The summed E-state index contributed by atoms with van der Waals surface area (Å²) in [6.07, 6.45) is 0.738. The number of carbonyl (C=O) groups excluding carboxylic acids is 1. The van der Waals surface area contributed by atoms with Gasteiger partial charge in [0.05, 0.1) is 36.8 Å². The second-order valence-electron chi connectivity index (χ2n) is 8.42. The summed E-state index contributed by atoms with van der Waals surface area (Å²) in [7, 11) is -6.32. The fourth-order valence-corrected chi connectivity index (χ4v) is 5.42. The van der Waals surface area contributed by atoms with Gasteiger partial charge >= 0.3 is 27.3 Å². The minimum absolute atomic E-state index is 0.0517. The van der Waals surface area contributed by atoms with Crippen molar-refractivity contribution in [2.45, 2.75) is 74.4 Å². The molecule has 12 heteroatoms. The van der Waals surface area contributed by atoms with Crippen molar-refractivity contribution in [2.75, 3.05) is 6.61 Å². The molecule has 29 heavy (non-hydrogen) atoms. The monoisotopic (exact) mass is 448 g/mol. The molecule has 6 atom stereocenters. The van der Waals surface area contributed by atoms with Gasteiger partial charge < -0.3 is 14.6 Å². The van der Waals surface area contributed by atoms with Gasteiger partial charge in [-0.3, -0.25) is 9.35 Å². The van der Waals surface area contributed by atoms with Crippen LogP contribution in [-0.2, 0) is 24.4 Å². The van der Waals surface area contributed by atoms with E-state index in [1.807, 2.05) is 0 Å². The number of fused-ring (bicyclic) bond motifs is 2.